The van der Waals surface area contributed by atoms with Gasteiger partial charge < -0.3 is 5.32 Å². The van der Waals surface area contributed by atoms with E-state index in [0.29, 0.717) is 17.7 Å². The molecule has 1 aliphatic heterocycles. The molecule has 1 N–H and O–H groups in total. The molecule has 0 fully saturated rings. The minimum Gasteiger partial charge on any atom is -0.375 e. The maximum absolute atomic E-state index is 13.5. The molecular formula is C14H10F3N. The second kappa shape index (κ2) is 4.05. The molecule has 1 aliphatic rings. The number of halogens is 3. The highest BCUT2D eigenvalue weighted by atomic mass is 19.2. The summed E-state index contributed by atoms with van der Waals surface area (Å²) in [7, 11) is 0. The van der Waals surface area contributed by atoms with Crippen LogP contribution in [-0.2, 0) is 6.42 Å². The van der Waals surface area contributed by atoms with Crippen molar-refractivity contribution in [1.82, 2.24) is 0 Å². The van der Waals surface area contributed by atoms with Gasteiger partial charge >= 0.3 is 0 Å². The number of fused-ring (bicyclic) bond motifs is 1. The Hall–Kier alpha value is -1.97. The van der Waals surface area contributed by atoms with Crippen LogP contribution in [0, 0.1) is 17.5 Å². The first-order valence-corrected chi connectivity index (χ1v) is 5.64. The maximum atomic E-state index is 13.5. The Kier molecular flexibility index (Phi) is 2.51. The Morgan fingerprint density at radius 1 is 0.944 bits per heavy atom. The lowest BCUT2D eigenvalue weighted by Crippen LogP contribution is -2.06. The summed E-state index contributed by atoms with van der Waals surface area (Å²) in [6.07, 6.45) is 0.568. The summed E-state index contributed by atoms with van der Waals surface area (Å²) >= 11 is 0. The van der Waals surface area contributed by atoms with E-state index in [4.69, 9.17) is 0 Å². The van der Waals surface area contributed by atoms with E-state index in [1.807, 2.05) is 6.07 Å². The van der Waals surface area contributed by atoms with E-state index in [9.17, 15) is 13.2 Å². The number of hydrogen-bond donors (Lipinski definition) is 1. The molecule has 18 heavy (non-hydrogen) atoms. The average Bonchev–Trinajstić information content (AvgIpc) is 2.78. The largest absolute Gasteiger partial charge is 0.375 e. The first-order chi connectivity index (χ1) is 8.65. The van der Waals surface area contributed by atoms with Crippen LogP contribution in [0.3, 0.4) is 0 Å². The van der Waals surface area contributed by atoms with Crippen LogP contribution in [0.5, 0.6) is 0 Å². The minimum absolute atomic E-state index is 0.216. The first kappa shape index (κ1) is 11.1. The third kappa shape index (κ3) is 1.74. The van der Waals surface area contributed by atoms with Crippen LogP contribution >= 0.6 is 0 Å². The van der Waals surface area contributed by atoms with E-state index >= 15 is 0 Å². The minimum atomic E-state index is -0.884. The number of hydrogen-bond acceptors (Lipinski definition) is 1. The van der Waals surface area contributed by atoms with Crippen LogP contribution in [0.15, 0.2) is 36.4 Å². The molecule has 0 amide bonds. The van der Waals surface area contributed by atoms with Crippen LogP contribution in [0.1, 0.15) is 17.2 Å². The fourth-order valence-electron chi connectivity index (χ4n) is 2.28. The van der Waals surface area contributed by atoms with Crippen molar-refractivity contribution in [2.24, 2.45) is 0 Å². The fourth-order valence-corrected chi connectivity index (χ4v) is 2.28. The maximum Gasteiger partial charge on any atom is 0.159 e. The zero-order chi connectivity index (χ0) is 12.7. The molecule has 0 spiro atoms. The lowest BCUT2D eigenvalue weighted by molar-refractivity contribution is 0.506. The van der Waals surface area contributed by atoms with Gasteiger partial charge in [0.15, 0.2) is 11.6 Å². The smallest absolute Gasteiger partial charge is 0.159 e. The lowest BCUT2D eigenvalue weighted by Gasteiger charge is -2.12. The monoisotopic (exact) mass is 249 g/mol. The van der Waals surface area contributed by atoms with E-state index < -0.39 is 11.6 Å². The summed E-state index contributed by atoms with van der Waals surface area (Å²) in [6, 6.07) is 8.38. The lowest BCUT2D eigenvalue weighted by atomic mass is 10.0. The van der Waals surface area contributed by atoms with E-state index in [0.717, 1.165) is 17.7 Å². The number of benzene rings is 2. The molecule has 4 heteroatoms. The Balaban J connectivity index is 1.94. The number of anilines is 1. The van der Waals surface area contributed by atoms with Gasteiger partial charge in [0.1, 0.15) is 5.82 Å². The topological polar surface area (TPSA) is 12.0 Å². The second-order valence-electron chi connectivity index (χ2n) is 4.35. The zero-order valence-electron chi connectivity index (χ0n) is 9.38. The van der Waals surface area contributed by atoms with Gasteiger partial charge in [-0.25, -0.2) is 13.2 Å². The molecule has 2 aromatic rings. The summed E-state index contributed by atoms with van der Waals surface area (Å²) < 4.78 is 39.5. The highest BCUT2D eigenvalue weighted by molar-refractivity contribution is 5.59. The summed E-state index contributed by atoms with van der Waals surface area (Å²) in [5.41, 5.74) is 1.92. The van der Waals surface area contributed by atoms with Crippen molar-refractivity contribution in [2.75, 3.05) is 5.32 Å². The SMILES string of the molecule is Fc1ccc(C2Cc3cccc(F)c3N2)cc1F. The molecule has 0 radical (unpaired) electrons. The number of rotatable bonds is 1. The van der Waals surface area contributed by atoms with Gasteiger partial charge in [-0.15, -0.1) is 0 Å². The molecule has 0 bridgehead atoms. The summed E-state index contributed by atoms with van der Waals surface area (Å²) in [5, 5.41) is 3.00. The van der Waals surface area contributed by atoms with E-state index in [-0.39, 0.29) is 11.9 Å². The van der Waals surface area contributed by atoms with Gasteiger partial charge in [0.05, 0.1) is 11.7 Å². The molecule has 1 atom stereocenters. The molecule has 1 nitrogen and oxygen atoms in total. The molecule has 1 unspecified atom stereocenters. The van der Waals surface area contributed by atoms with Crippen molar-refractivity contribution in [2.45, 2.75) is 12.5 Å². The predicted octanol–water partition coefficient (Wildman–Crippen LogP) is 3.81. The van der Waals surface area contributed by atoms with Crippen molar-refractivity contribution in [3.05, 3.63) is 65.0 Å². The third-order valence-electron chi connectivity index (χ3n) is 3.19. The van der Waals surface area contributed by atoms with Crippen molar-refractivity contribution >= 4 is 5.69 Å². The highest BCUT2D eigenvalue weighted by Gasteiger charge is 2.24. The van der Waals surface area contributed by atoms with Gasteiger partial charge in [-0.05, 0) is 35.7 Å². The van der Waals surface area contributed by atoms with Gasteiger partial charge in [-0.2, -0.15) is 0 Å². The molecule has 0 saturated carbocycles. The van der Waals surface area contributed by atoms with Crippen LogP contribution in [0.4, 0.5) is 18.9 Å². The van der Waals surface area contributed by atoms with Gasteiger partial charge in [0.25, 0.3) is 0 Å². The van der Waals surface area contributed by atoms with Crippen LogP contribution in [0.2, 0.25) is 0 Å². The summed E-state index contributed by atoms with van der Waals surface area (Å²) in [5.74, 6) is -2.08. The number of nitrogens with one attached hydrogen (secondary N) is 1. The molecule has 0 aromatic heterocycles. The van der Waals surface area contributed by atoms with Crippen molar-refractivity contribution in [1.29, 1.82) is 0 Å². The Morgan fingerprint density at radius 2 is 1.78 bits per heavy atom. The zero-order valence-corrected chi connectivity index (χ0v) is 9.38. The second-order valence-corrected chi connectivity index (χ2v) is 4.35. The van der Waals surface area contributed by atoms with Crippen molar-refractivity contribution in [3.8, 4) is 0 Å². The Morgan fingerprint density at radius 3 is 2.50 bits per heavy atom. The van der Waals surface area contributed by atoms with Gasteiger partial charge in [-0.1, -0.05) is 18.2 Å². The van der Waals surface area contributed by atoms with Crippen molar-refractivity contribution in [3.63, 3.8) is 0 Å². The third-order valence-corrected chi connectivity index (χ3v) is 3.19. The van der Waals surface area contributed by atoms with E-state index in [2.05, 4.69) is 5.32 Å². The van der Waals surface area contributed by atoms with Gasteiger partial charge in [0.2, 0.25) is 0 Å². The highest BCUT2D eigenvalue weighted by Crippen LogP contribution is 2.35. The molecular weight excluding hydrogens is 239 g/mol. The Bertz CT molecular complexity index is 610. The van der Waals surface area contributed by atoms with Crippen LogP contribution in [0.25, 0.3) is 0 Å². The average molecular weight is 249 g/mol. The molecule has 3 rings (SSSR count). The molecule has 0 saturated heterocycles. The first-order valence-electron chi connectivity index (χ1n) is 5.64. The molecule has 1 heterocycles. The molecule has 0 aliphatic carbocycles. The van der Waals surface area contributed by atoms with E-state index in [1.54, 1.807) is 6.07 Å². The van der Waals surface area contributed by atoms with E-state index in [1.165, 1.54) is 12.1 Å². The Labute approximate surface area is 102 Å². The van der Waals surface area contributed by atoms with Gasteiger partial charge in [-0.3, -0.25) is 0 Å². The summed E-state index contributed by atoms with van der Waals surface area (Å²) in [6.45, 7) is 0. The quantitative estimate of drug-likeness (QED) is 0.810. The number of para-hydroxylation sites is 1. The summed E-state index contributed by atoms with van der Waals surface area (Å²) in [4.78, 5) is 0. The van der Waals surface area contributed by atoms with Crippen LogP contribution < -0.4 is 5.32 Å². The van der Waals surface area contributed by atoms with Gasteiger partial charge in [0, 0.05) is 0 Å². The fraction of sp³-hybridized carbons (Fsp3) is 0.143. The van der Waals surface area contributed by atoms with Crippen LogP contribution in [-0.4, -0.2) is 0 Å². The predicted molar refractivity (Wildman–Crippen MR) is 62.8 cm³/mol. The molecule has 92 valence electrons. The van der Waals surface area contributed by atoms with Crippen molar-refractivity contribution < 1.29 is 13.2 Å². The normalized spacial score (nSPS) is 17.4. The standard InChI is InChI=1S/C14H10F3N/c15-10-5-4-8(6-12(10)17)13-7-9-2-1-3-11(16)14(9)18-13/h1-6,13,18H,7H2. The molecule has 2 aromatic carbocycles.